The van der Waals surface area contributed by atoms with Crippen LogP contribution in [-0.4, -0.2) is 22.1 Å². The van der Waals surface area contributed by atoms with Gasteiger partial charge in [0.15, 0.2) is 4.77 Å². The van der Waals surface area contributed by atoms with Crippen LogP contribution in [0.15, 0.2) is 40.4 Å². The largest absolute Gasteiger partial charge is 0.338 e. The maximum absolute atomic E-state index is 11.7. The number of aromatic amines is 2. The minimum atomic E-state index is -0.610. The van der Waals surface area contributed by atoms with E-state index in [2.05, 4.69) is 20.5 Å². The Morgan fingerprint density at radius 2 is 2.05 bits per heavy atom. The van der Waals surface area contributed by atoms with E-state index < -0.39 is 11.5 Å². The van der Waals surface area contributed by atoms with Crippen molar-refractivity contribution < 1.29 is 4.79 Å². The van der Waals surface area contributed by atoms with Gasteiger partial charge in [-0.1, -0.05) is 29.8 Å². The molecule has 3 N–H and O–H groups in total. The van der Waals surface area contributed by atoms with Crippen LogP contribution >= 0.6 is 12.2 Å². The predicted molar refractivity (Wildman–Crippen MR) is 78.5 cm³/mol. The fourth-order valence-electron chi connectivity index (χ4n) is 1.46. The van der Waals surface area contributed by atoms with Crippen molar-refractivity contribution in [2.75, 3.05) is 0 Å². The minimum absolute atomic E-state index is 0.0837. The highest BCUT2D eigenvalue weighted by molar-refractivity contribution is 7.71. The molecule has 20 heavy (non-hydrogen) atoms. The van der Waals surface area contributed by atoms with Crippen LogP contribution in [0.1, 0.15) is 21.5 Å². The molecule has 1 heterocycles. The Bertz CT molecular complexity index is 759. The molecule has 0 spiro atoms. The Balaban J connectivity index is 2.07. The average molecular weight is 288 g/mol. The second-order valence-corrected chi connectivity index (χ2v) is 4.50. The third kappa shape index (κ3) is 3.48. The summed E-state index contributed by atoms with van der Waals surface area (Å²) < 4.78 is 0.162. The first-order valence-electron chi connectivity index (χ1n) is 5.78. The van der Waals surface area contributed by atoms with E-state index in [0.29, 0.717) is 0 Å². The monoisotopic (exact) mass is 288 g/mol. The zero-order chi connectivity index (χ0) is 14.5. The van der Waals surface area contributed by atoms with Crippen molar-refractivity contribution in [2.45, 2.75) is 6.92 Å². The van der Waals surface area contributed by atoms with Gasteiger partial charge in [0, 0.05) is 6.20 Å². The summed E-state index contributed by atoms with van der Waals surface area (Å²) in [5.74, 6) is -0.610. The number of aromatic nitrogens is 2. The standard InChI is InChI=1S/C13H12N4O2S/c1-8-2-4-9(5-3-8)6-15-17-12(19)10-7-14-13(20)16-11(10)18/h2-7H,1H3,(H,17,19)(H2,14,16,18,20). The first-order chi connectivity index (χ1) is 9.56. The molecule has 0 unspecified atom stereocenters. The van der Waals surface area contributed by atoms with Gasteiger partial charge >= 0.3 is 0 Å². The Hall–Kier alpha value is -2.54. The number of rotatable bonds is 3. The van der Waals surface area contributed by atoms with Gasteiger partial charge in [0.2, 0.25) is 0 Å². The van der Waals surface area contributed by atoms with Crippen LogP contribution in [0.5, 0.6) is 0 Å². The molecule has 7 heteroatoms. The van der Waals surface area contributed by atoms with Crippen molar-refractivity contribution in [2.24, 2.45) is 5.10 Å². The molecule has 1 aromatic heterocycles. The maximum atomic E-state index is 11.7. The van der Waals surface area contributed by atoms with E-state index in [1.807, 2.05) is 31.2 Å². The van der Waals surface area contributed by atoms with Gasteiger partial charge in [0.05, 0.1) is 6.21 Å². The zero-order valence-corrected chi connectivity index (χ0v) is 11.5. The zero-order valence-electron chi connectivity index (χ0n) is 10.6. The number of amides is 1. The maximum Gasteiger partial charge on any atom is 0.278 e. The minimum Gasteiger partial charge on any atom is -0.338 e. The van der Waals surface area contributed by atoms with Gasteiger partial charge in [-0.3, -0.25) is 14.6 Å². The van der Waals surface area contributed by atoms with Crippen LogP contribution in [0.4, 0.5) is 0 Å². The normalized spacial score (nSPS) is 10.7. The molecule has 0 aliphatic heterocycles. The van der Waals surface area contributed by atoms with Gasteiger partial charge in [-0.05, 0) is 24.7 Å². The van der Waals surface area contributed by atoms with Gasteiger partial charge in [-0.15, -0.1) is 0 Å². The van der Waals surface area contributed by atoms with E-state index >= 15 is 0 Å². The number of nitrogens with one attached hydrogen (secondary N) is 3. The van der Waals surface area contributed by atoms with E-state index in [0.717, 1.165) is 11.1 Å². The number of carbonyl (C=O) groups is 1. The van der Waals surface area contributed by atoms with Gasteiger partial charge < -0.3 is 4.98 Å². The number of carbonyl (C=O) groups excluding carboxylic acids is 1. The van der Waals surface area contributed by atoms with E-state index in [9.17, 15) is 9.59 Å². The molecule has 0 radical (unpaired) electrons. The molecule has 0 aliphatic carbocycles. The molecule has 0 saturated heterocycles. The summed E-state index contributed by atoms with van der Waals surface area (Å²) in [4.78, 5) is 28.1. The van der Waals surface area contributed by atoms with Gasteiger partial charge in [0.25, 0.3) is 11.5 Å². The highest BCUT2D eigenvalue weighted by Crippen LogP contribution is 1.99. The number of hydrogen-bond donors (Lipinski definition) is 3. The smallest absolute Gasteiger partial charge is 0.278 e. The molecule has 0 bridgehead atoms. The van der Waals surface area contributed by atoms with Crippen molar-refractivity contribution >= 4 is 24.3 Å². The molecule has 102 valence electrons. The lowest BCUT2D eigenvalue weighted by molar-refractivity contribution is 0.0953. The number of H-pyrrole nitrogens is 2. The van der Waals surface area contributed by atoms with Gasteiger partial charge in [0.1, 0.15) is 5.56 Å². The number of benzene rings is 1. The number of aryl methyl sites for hydroxylation is 1. The number of nitrogens with zero attached hydrogens (tertiary/aromatic N) is 1. The third-order valence-electron chi connectivity index (χ3n) is 2.52. The van der Waals surface area contributed by atoms with Crippen molar-refractivity contribution in [1.29, 1.82) is 0 Å². The quantitative estimate of drug-likeness (QED) is 0.454. The summed E-state index contributed by atoms with van der Waals surface area (Å²) in [7, 11) is 0. The average Bonchev–Trinajstić information content (AvgIpc) is 2.41. The van der Waals surface area contributed by atoms with E-state index in [4.69, 9.17) is 12.2 Å². The van der Waals surface area contributed by atoms with Crippen LogP contribution in [0.25, 0.3) is 0 Å². The van der Waals surface area contributed by atoms with Crippen molar-refractivity contribution in [3.63, 3.8) is 0 Å². The summed E-state index contributed by atoms with van der Waals surface area (Å²) in [6.45, 7) is 1.98. The first-order valence-corrected chi connectivity index (χ1v) is 6.19. The van der Waals surface area contributed by atoms with E-state index in [1.54, 1.807) is 0 Å². The Kier molecular flexibility index (Phi) is 4.21. The molecule has 0 aliphatic rings. The van der Waals surface area contributed by atoms with Crippen LogP contribution in [0.3, 0.4) is 0 Å². The summed E-state index contributed by atoms with van der Waals surface area (Å²) >= 11 is 4.74. The fourth-order valence-corrected chi connectivity index (χ4v) is 1.61. The predicted octanol–water partition coefficient (Wildman–Crippen LogP) is 1.50. The lowest BCUT2D eigenvalue weighted by Crippen LogP contribution is -2.26. The van der Waals surface area contributed by atoms with Crippen LogP contribution in [0.2, 0.25) is 0 Å². The van der Waals surface area contributed by atoms with Crippen LogP contribution < -0.4 is 11.0 Å². The molecule has 2 aromatic rings. The molecule has 0 fully saturated rings. The highest BCUT2D eigenvalue weighted by Gasteiger charge is 2.08. The lowest BCUT2D eigenvalue weighted by Gasteiger charge is -1.98. The fraction of sp³-hybridized carbons (Fsp3) is 0.0769. The Morgan fingerprint density at radius 1 is 1.35 bits per heavy atom. The number of hydrogen-bond acceptors (Lipinski definition) is 4. The molecule has 1 amide bonds. The Labute approximate surface area is 119 Å². The molecular formula is C13H12N4O2S. The first kappa shape index (κ1) is 13.9. The van der Waals surface area contributed by atoms with Gasteiger partial charge in [-0.25, -0.2) is 5.43 Å². The second-order valence-electron chi connectivity index (χ2n) is 4.10. The van der Waals surface area contributed by atoms with E-state index in [1.165, 1.54) is 12.4 Å². The van der Waals surface area contributed by atoms with Crippen molar-refractivity contribution in [3.05, 3.63) is 62.3 Å². The van der Waals surface area contributed by atoms with E-state index in [-0.39, 0.29) is 10.3 Å². The molecule has 1 aromatic carbocycles. The number of hydrazone groups is 1. The molecule has 2 rings (SSSR count). The lowest BCUT2D eigenvalue weighted by atomic mass is 10.2. The summed E-state index contributed by atoms with van der Waals surface area (Å²) in [5.41, 5.74) is 3.62. The molecule has 6 nitrogen and oxygen atoms in total. The van der Waals surface area contributed by atoms with Crippen LogP contribution in [-0.2, 0) is 0 Å². The third-order valence-corrected chi connectivity index (χ3v) is 2.74. The van der Waals surface area contributed by atoms with Crippen LogP contribution in [0, 0.1) is 11.7 Å². The topological polar surface area (TPSA) is 90.1 Å². The molecule has 0 atom stereocenters. The molecule has 0 saturated carbocycles. The molecular weight excluding hydrogens is 276 g/mol. The summed E-state index contributed by atoms with van der Waals surface area (Å²) in [5, 5.41) is 3.79. The summed E-state index contributed by atoms with van der Waals surface area (Å²) in [6.07, 6.45) is 2.74. The highest BCUT2D eigenvalue weighted by atomic mass is 32.1. The SMILES string of the molecule is Cc1ccc(C=NNC(=O)c2c[nH]c(=S)[nH]c2=O)cc1. The van der Waals surface area contributed by atoms with Crippen molar-refractivity contribution in [1.82, 2.24) is 15.4 Å². The second kappa shape index (κ2) is 6.07. The summed E-state index contributed by atoms with van der Waals surface area (Å²) in [6, 6.07) is 7.62. The Morgan fingerprint density at radius 3 is 2.70 bits per heavy atom. The van der Waals surface area contributed by atoms with Crippen molar-refractivity contribution in [3.8, 4) is 0 Å². The van der Waals surface area contributed by atoms with Gasteiger partial charge in [-0.2, -0.15) is 5.10 Å².